The fraction of sp³-hybridized carbons (Fsp3) is 0.438. The molecule has 142 valence electrons. The Labute approximate surface area is 146 Å². The van der Waals surface area contributed by atoms with Crippen LogP contribution in [-0.2, 0) is 4.74 Å². The second-order valence-corrected chi connectivity index (χ2v) is 5.74. The predicted octanol–water partition coefficient (Wildman–Crippen LogP) is -1.31. The highest BCUT2D eigenvalue weighted by Crippen LogP contribution is 2.43. The highest BCUT2D eigenvalue weighted by Gasteiger charge is 2.45. The lowest BCUT2D eigenvalue weighted by Gasteiger charge is -2.39. The fourth-order valence-electron chi connectivity index (χ4n) is 2.75. The lowest BCUT2D eigenvalue weighted by Crippen LogP contribution is -2.60. The number of phenols is 1. The molecule has 0 amide bonds. The van der Waals surface area contributed by atoms with Gasteiger partial charge in [0.25, 0.3) is 0 Å². The standard InChI is InChI=1S/C16H18O10/c1-23-14-6-2-3-10(19)24-8(6)4-7(18)15(14)26-16-13(22)12(21)11(20)9(5-17)25-16/h2-4,9,11-13,16-18,20-22H,5H2,1H3/t9-,11-,12+,13-,16+/m1/s1. The zero-order valence-corrected chi connectivity index (χ0v) is 13.6. The van der Waals surface area contributed by atoms with Crippen LogP contribution in [0.3, 0.4) is 0 Å². The molecule has 5 atom stereocenters. The molecular weight excluding hydrogens is 352 g/mol. The van der Waals surface area contributed by atoms with Crippen molar-refractivity contribution in [2.45, 2.75) is 30.7 Å². The molecule has 0 aliphatic carbocycles. The van der Waals surface area contributed by atoms with Crippen LogP contribution in [0.25, 0.3) is 11.0 Å². The molecule has 1 fully saturated rings. The molecule has 2 heterocycles. The monoisotopic (exact) mass is 370 g/mol. The van der Waals surface area contributed by atoms with Crippen LogP contribution < -0.4 is 15.1 Å². The van der Waals surface area contributed by atoms with Gasteiger partial charge in [-0.1, -0.05) is 0 Å². The number of aliphatic hydroxyl groups is 4. The number of fused-ring (bicyclic) bond motifs is 1. The van der Waals surface area contributed by atoms with E-state index in [0.717, 1.165) is 12.1 Å². The van der Waals surface area contributed by atoms with Gasteiger partial charge in [0.1, 0.15) is 30.0 Å². The van der Waals surface area contributed by atoms with E-state index in [9.17, 15) is 30.3 Å². The molecule has 1 saturated heterocycles. The molecule has 0 saturated carbocycles. The van der Waals surface area contributed by atoms with E-state index in [-0.39, 0.29) is 17.1 Å². The normalized spacial score (nSPS) is 28.9. The molecule has 0 bridgehead atoms. The van der Waals surface area contributed by atoms with Gasteiger partial charge in [0, 0.05) is 12.1 Å². The van der Waals surface area contributed by atoms with E-state index >= 15 is 0 Å². The maximum absolute atomic E-state index is 11.3. The molecule has 0 unspecified atom stereocenters. The van der Waals surface area contributed by atoms with E-state index in [0.29, 0.717) is 5.39 Å². The Morgan fingerprint density at radius 2 is 1.85 bits per heavy atom. The largest absolute Gasteiger partial charge is 0.504 e. The lowest BCUT2D eigenvalue weighted by atomic mass is 9.99. The van der Waals surface area contributed by atoms with Crippen molar-refractivity contribution in [3.63, 3.8) is 0 Å². The van der Waals surface area contributed by atoms with E-state index in [1.807, 2.05) is 0 Å². The fourth-order valence-corrected chi connectivity index (χ4v) is 2.75. The van der Waals surface area contributed by atoms with Gasteiger partial charge in [0.2, 0.25) is 12.0 Å². The van der Waals surface area contributed by atoms with Gasteiger partial charge in [-0.15, -0.1) is 0 Å². The molecule has 3 rings (SSSR count). The van der Waals surface area contributed by atoms with Crippen molar-refractivity contribution >= 4 is 11.0 Å². The van der Waals surface area contributed by atoms with E-state index < -0.39 is 48.7 Å². The summed E-state index contributed by atoms with van der Waals surface area (Å²) in [5.74, 6) is -0.709. The predicted molar refractivity (Wildman–Crippen MR) is 85.1 cm³/mol. The van der Waals surface area contributed by atoms with Crippen molar-refractivity contribution in [3.05, 3.63) is 28.6 Å². The Bertz CT molecular complexity index is 845. The smallest absolute Gasteiger partial charge is 0.336 e. The molecule has 5 N–H and O–H groups in total. The van der Waals surface area contributed by atoms with Gasteiger partial charge in [-0.25, -0.2) is 4.79 Å². The van der Waals surface area contributed by atoms with Crippen molar-refractivity contribution in [3.8, 4) is 17.2 Å². The number of rotatable bonds is 4. The van der Waals surface area contributed by atoms with Gasteiger partial charge in [-0.3, -0.25) is 0 Å². The number of hydrogen-bond acceptors (Lipinski definition) is 10. The molecule has 1 aliphatic heterocycles. The summed E-state index contributed by atoms with van der Waals surface area (Å²) in [6.45, 7) is -0.628. The summed E-state index contributed by atoms with van der Waals surface area (Å²) in [4.78, 5) is 11.3. The van der Waals surface area contributed by atoms with Crippen LogP contribution in [-0.4, -0.2) is 70.0 Å². The minimum absolute atomic E-state index is 0.000658. The van der Waals surface area contributed by atoms with E-state index in [2.05, 4.69) is 0 Å². The third-order valence-electron chi connectivity index (χ3n) is 4.10. The first-order valence-electron chi connectivity index (χ1n) is 7.68. The Morgan fingerprint density at radius 1 is 1.12 bits per heavy atom. The molecular formula is C16H18O10. The molecule has 1 aliphatic rings. The number of methoxy groups -OCH3 is 1. The summed E-state index contributed by atoms with van der Waals surface area (Å²) in [5.41, 5.74) is -0.574. The molecule has 10 heteroatoms. The second-order valence-electron chi connectivity index (χ2n) is 5.74. The molecule has 1 aromatic heterocycles. The summed E-state index contributed by atoms with van der Waals surface area (Å²) in [5, 5.41) is 49.4. The molecule has 2 aromatic rings. The first-order valence-corrected chi connectivity index (χ1v) is 7.68. The van der Waals surface area contributed by atoms with Crippen molar-refractivity contribution < 1.29 is 44.2 Å². The highest BCUT2D eigenvalue weighted by atomic mass is 16.7. The topological polar surface area (TPSA) is 159 Å². The van der Waals surface area contributed by atoms with Crippen molar-refractivity contribution in [1.82, 2.24) is 0 Å². The van der Waals surface area contributed by atoms with Crippen molar-refractivity contribution in [2.75, 3.05) is 13.7 Å². The molecule has 1 aromatic carbocycles. The third kappa shape index (κ3) is 3.08. The first kappa shape index (κ1) is 18.4. The van der Waals surface area contributed by atoms with Crippen molar-refractivity contribution in [2.24, 2.45) is 0 Å². The molecule has 0 radical (unpaired) electrons. The van der Waals surface area contributed by atoms with Gasteiger partial charge in [0.15, 0.2) is 11.5 Å². The first-order chi connectivity index (χ1) is 12.4. The summed E-state index contributed by atoms with van der Waals surface area (Å²) < 4.78 is 20.9. The maximum atomic E-state index is 11.3. The SMILES string of the molecule is COc1c(O[C@@H]2O[C@H](CO)[C@@H](O)[C@H](O)[C@H]2O)c(O)cc2oc(=O)ccc12. The number of hydrogen-bond donors (Lipinski definition) is 5. The van der Waals surface area contributed by atoms with Crippen LogP contribution in [0.4, 0.5) is 0 Å². The highest BCUT2D eigenvalue weighted by molar-refractivity contribution is 5.88. The Hall–Kier alpha value is -2.37. The second kappa shape index (κ2) is 7.09. The van der Waals surface area contributed by atoms with Gasteiger partial charge in [-0.05, 0) is 6.07 Å². The van der Waals surface area contributed by atoms with Crippen molar-refractivity contribution in [1.29, 1.82) is 0 Å². The van der Waals surface area contributed by atoms with Crippen LogP contribution in [0.5, 0.6) is 17.2 Å². The van der Waals surface area contributed by atoms with Gasteiger partial charge in [-0.2, -0.15) is 0 Å². The summed E-state index contributed by atoms with van der Waals surface area (Å²) in [6.07, 6.45) is -7.54. The number of phenolic OH excluding ortho intramolecular Hbond substituents is 1. The number of aromatic hydroxyl groups is 1. The zero-order valence-electron chi connectivity index (χ0n) is 13.6. The quantitative estimate of drug-likeness (QED) is 0.409. The number of benzene rings is 1. The van der Waals surface area contributed by atoms with Gasteiger partial charge >= 0.3 is 5.63 Å². The summed E-state index contributed by atoms with van der Waals surface area (Å²) >= 11 is 0. The Balaban J connectivity index is 2.01. The lowest BCUT2D eigenvalue weighted by molar-refractivity contribution is -0.277. The maximum Gasteiger partial charge on any atom is 0.336 e. The van der Waals surface area contributed by atoms with Gasteiger partial charge < -0.3 is 44.2 Å². The van der Waals surface area contributed by atoms with Crippen LogP contribution >= 0.6 is 0 Å². The van der Waals surface area contributed by atoms with Crippen LogP contribution in [0, 0.1) is 0 Å². The summed E-state index contributed by atoms with van der Waals surface area (Å²) in [6, 6.07) is 3.68. The number of ether oxygens (including phenoxy) is 3. The van der Waals surface area contributed by atoms with Crippen LogP contribution in [0.1, 0.15) is 0 Å². The number of aliphatic hydroxyl groups excluding tert-OH is 4. The minimum atomic E-state index is -1.67. The van der Waals surface area contributed by atoms with E-state index in [1.165, 1.54) is 13.2 Å². The Morgan fingerprint density at radius 3 is 2.50 bits per heavy atom. The van der Waals surface area contributed by atoms with E-state index in [4.69, 9.17) is 18.6 Å². The molecule has 0 spiro atoms. The molecule has 10 nitrogen and oxygen atoms in total. The van der Waals surface area contributed by atoms with Crippen LogP contribution in [0.2, 0.25) is 0 Å². The Kier molecular flexibility index (Phi) is 5.03. The molecule has 26 heavy (non-hydrogen) atoms. The van der Waals surface area contributed by atoms with Crippen LogP contribution in [0.15, 0.2) is 27.4 Å². The minimum Gasteiger partial charge on any atom is -0.504 e. The average molecular weight is 370 g/mol. The van der Waals surface area contributed by atoms with E-state index in [1.54, 1.807) is 0 Å². The third-order valence-corrected chi connectivity index (χ3v) is 4.10. The zero-order chi connectivity index (χ0) is 19.0. The average Bonchev–Trinajstić information content (AvgIpc) is 2.62. The summed E-state index contributed by atoms with van der Waals surface area (Å²) in [7, 11) is 1.29. The van der Waals surface area contributed by atoms with Gasteiger partial charge in [0.05, 0.1) is 19.1 Å².